The van der Waals surface area contributed by atoms with E-state index < -0.39 is 22.7 Å². The number of alkyl halides is 1. The van der Waals surface area contributed by atoms with E-state index in [0.717, 1.165) is 12.3 Å². The van der Waals surface area contributed by atoms with Gasteiger partial charge in [0.05, 0.1) is 22.8 Å². The Labute approximate surface area is 104 Å². The van der Waals surface area contributed by atoms with Gasteiger partial charge in [-0.3, -0.25) is 14.9 Å². The third-order valence-electron chi connectivity index (χ3n) is 2.22. The number of nitro groups is 1. The molecule has 1 aromatic rings. The molecule has 0 fully saturated rings. The summed E-state index contributed by atoms with van der Waals surface area (Å²) in [6, 6.07) is 0.959. The van der Waals surface area contributed by atoms with Gasteiger partial charge in [-0.05, 0) is 6.42 Å². The van der Waals surface area contributed by atoms with Crippen molar-refractivity contribution in [1.82, 2.24) is 4.98 Å². The molecule has 1 aromatic heterocycles. The highest BCUT2D eigenvalue weighted by atomic mass is 79.9. The SMILES string of the molecule is O=c1[nH]cc([N+](=O)[O-])cc1C(O)C(O)CCBr. The van der Waals surface area contributed by atoms with Gasteiger partial charge in [0.1, 0.15) is 6.10 Å². The Morgan fingerprint density at radius 1 is 1.53 bits per heavy atom. The van der Waals surface area contributed by atoms with E-state index in [-0.39, 0.29) is 17.7 Å². The van der Waals surface area contributed by atoms with Crippen LogP contribution in [0.2, 0.25) is 0 Å². The van der Waals surface area contributed by atoms with Gasteiger partial charge in [-0.2, -0.15) is 0 Å². The summed E-state index contributed by atoms with van der Waals surface area (Å²) in [5.74, 6) is 0. The number of pyridine rings is 1. The summed E-state index contributed by atoms with van der Waals surface area (Å²) in [7, 11) is 0. The van der Waals surface area contributed by atoms with Crippen molar-refractivity contribution in [3.8, 4) is 0 Å². The van der Waals surface area contributed by atoms with Crippen molar-refractivity contribution in [2.24, 2.45) is 0 Å². The number of hydrogen-bond donors (Lipinski definition) is 3. The van der Waals surface area contributed by atoms with Crippen molar-refractivity contribution in [3.63, 3.8) is 0 Å². The predicted molar refractivity (Wildman–Crippen MR) is 63.1 cm³/mol. The first-order valence-electron chi connectivity index (χ1n) is 4.76. The van der Waals surface area contributed by atoms with Crippen LogP contribution in [0.1, 0.15) is 18.1 Å². The molecule has 7 nitrogen and oxygen atoms in total. The topological polar surface area (TPSA) is 116 Å². The molecule has 0 saturated carbocycles. The lowest BCUT2D eigenvalue weighted by Gasteiger charge is -2.15. The number of nitrogens with one attached hydrogen (secondary N) is 1. The lowest BCUT2D eigenvalue weighted by atomic mass is 10.0. The quantitative estimate of drug-likeness (QED) is 0.415. The van der Waals surface area contributed by atoms with E-state index in [2.05, 4.69) is 20.9 Å². The van der Waals surface area contributed by atoms with Gasteiger partial charge in [-0.1, -0.05) is 15.9 Å². The summed E-state index contributed by atoms with van der Waals surface area (Å²) in [4.78, 5) is 23.4. The van der Waals surface area contributed by atoms with Gasteiger partial charge >= 0.3 is 0 Å². The maximum absolute atomic E-state index is 11.4. The zero-order chi connectivity index (χ0) is 13.0. The summed E-state index contributed by atoms with van der Waals surface area (Å²) >= 11 is 3.08. The highest BCUT2D eigenvalue weighted by Gasteiger charge is 2.22. The molecule has 94 valence electrons. The molecule has 0 bridgehead atoms. The Morgan fingerprint density at radius 2 is 2.18 bits per heavy atom. The molecular weight excluding hydrogens is 296 g/mol. The van der Waals surface area contributed by atoms with Crippen molar-refractivity contribution < 1.29 is 15.1 Å². The normalized spacial score (nSPS) is 14.3. The Balaban J connectivity index is 3.07. The molecule has 17 heavy (non-hydrogen) atoms. The molecule has 0 saturated heterocycles. The number of rotatable bonds is 5. The van der Waals surface area contributed by atoms with Crippen LogP contribution in [0.15, 0.2) is 17.1 Å². The van der Waals surface area contributed by atoms with Gasteiger partial charge < -0.3 is 15.2 Å². The molecule has 3 N–H and O–H groups in total. The van der Waals surface area contributed by atoms with Crippen molar-refractivity contribution >= 4 is 21.6 Å². The molecule has 0 aromatic carbocycles. The molecule has 8 heteroatoms. The predicted octanol–water partition coefficient (Wildman–Crippen LogP) is 0.462. The number of aliphatic hydroxyl groups is 2. The first kappa shape index (κ1) is 13.8. The molecule has 0 radical (unpaired) electrons. The minimum atomic E-state index is -1.45. The zero-order valence-electron chi connectivity index (χ0n) is 8.67. The van der Waals surface area contributed by atoms with Crippen molar-refractivity contribution in [1.29, 1.82) is 0 Å². The Hall–Kier alpha value is -1.25. The minimum absolute atomic E-state index is 0.215. The van der Waals surface area contributed by atoms with Crippen molar-refractivity contribution in [2.75, 3.05) is 5.33 Å². The number of hydrogen-bond acceptors (Lipinski definition) is 5. The van der Waals surface area contributed by atoms with Crippen molar-refractivity contribution in [3.05, 3.63) is 38.3 Å². The Bertz CT molecular complexity index is 461. The maximum Gasteiger partial charge on any atom is 0.285 e. The molecule has 0 aliphatic heterocycles. The van der Waals surface area contributed by atoms with Gasteiger partial charge in [0.15, 0.2) is 0 Å². The molecule has 2 atom stereocenters. The Kier molecular flexibility index (Phi) is 4.79. The van der Waals surface area contributed by atoms with Gasteiger partial charge in [0, 0.05) is 11.4 Å². The maximum atomic E-state index is 11.4. The second kappa shape index (κ2) is 5.89. The van der Waals surface area contributed by atoms with Crippen LogP contribution in [-0.2, 0) is 0 Å². The third-order valence-corrected chi connectivity index (χ3v) is 2.67. The Morgan fingerprint density at radius 3 is 2.71 bits per heavy atom. The molecular formula is C9H11BrN2O5. The second-order valence-corrected chi connectivity index (χ2v) is 4.18. The first-order valence-corrected chi connectivity index (χ1v) is 5.88. The fraction of sp³-hybridized carbons (Fsp3) is 0.444. The molecule has 2 unspecified atom stereocenters. The molecule has 0 aliphatic carbocycles. The fourth-order valence-electron chi connectivity index (χ4n) is 1.29. The standard InChI is InChI=1S/C9H11BrN2O5/c10-2-1-7(13)8(14)6-3-5(12(16)17)4-11-9(6)15/h3-4,7-8,13-14H,1-2H2,(H,11,15). The van der Waals surface area contributed by atoms with E-state index in [4.69, 9.17) is 0 Å². The van der Waals surface area contributed by atoms with E-state index in [9.17, 15) is 25.1 Å². The van der Waals surface area contributed by atoms with Gasteiger partial charge in [-0.25, -0.2) is 0 Å². The number of nitrogens with zero attached hydrogens (tertiary/aromatic N) is 1. The number of aromatic nitrogens is 1. The molecule has 0 amide bonds. The highest BCUT2D eigenvalue weighted by Crippen LogP contribution is 2.19. The zero-order valence-corrected chi connectivity index (χ0v) is 10.3. The summed E-state index contributed by atoms with van der Waals surface area (Å²) in [6.07, 6.45) is -1.44. The highest BCUT2D eigenvalue weighted by molar-refractivity contribution is 9.09. The number of aliphatic hydroxyl groups excluding tert-OH is 2. The van der Waals surface area contributed by atoms with Crippen LogP contribution >= 0.6 is 15.9 Å². The lowest BCUT2D eigenvalue weighted by molar-refractivity contribution is -0.385. The van der Waals surface area contributed by atoms with Crippen LogP contribution in [-0.4, -0.2) is 31.6 Å². The summed E-state index contributed by atoms with van der Waals surface area (Å²) < 4.78 is 0. The lowest BCUT2D eigenvalue weighted by Crippen LogP contribution is -2.25. The van der Waals surface area contributed by atoms with Crippen LogP contribution in [0.4, 0.5) is 5.69 Å². The minimum Gasteiger partial charge on any atom is -0.390 e. The fourth-order valence-corrected chi connectivity index (χ4v) is 1.76. The summed E-state index contributed by atoms with van der Waals surface area (Å²) in [6.45, 7) is 0. The first-order chi connectivity index (χ1) is 7.97. The van der Waals surface area contributed by atoms with E-state index in [1.807, 2.05) is 0 Å². The van der Waals surface area contributed by atoms with Crippen LogP contribution in [0, 0.1) is 10.1 Å². The van der Waals surface area contributed by atoms with Crippen LogP contribution < -0.4 is 5.56 Å². The summed E-state index contributed by atoms with van der Waals surface area (Å²) in [5, 5.41) is 30.2. The van der Waals surface area contributed by atoms with Crippen LogP contribution in [0.5, 0.6) is 0 Å². The van der Waals surface area contributed by atoms with Crippen molar-refractivity contribution in [2.45, 2.75) is 18.6 Å². The number of H-pyrrole nitrogens is 1. The largest absolute Gasteiger partial charge is 0.390 e. The van der Waals surface area contributed by atoms with Gasteiger partial charge in [0.25, 0.3) is 11.2 Å². The second-order valence-electron chi connectivity index (χ2n) is 3.39. The molecule has 1 rings (SSSR count). The average molecular weight is 307 g/mol. The third kappa shape index (κ3) is 3.35. The van der Waals surface area contributed by atoms with Crippen LogP contribution in [0.25, 0.3) is 0 Å². The average Bonchev–Trinajstić information content (AvgIpc) is 2.28. The molecule has 1 heterocycles. The van der Waals surface area contributed by atoms with E-state index in [0.29, 0.717) is 5.33 Å². The molecule has 0 aliphatic rings. The monoisotopic (exact) mass is 306 g/mol. The van der Waals surface area contributed by atoms with Gasteiger partial charge in [-0.15, -0.1) is 0 Å². The smallest absolute Gasteiger partial charge is 0.285 e. The van der Waals surface area contributed by atoms with E-state index >= 15 is 0 Å². The summed E-state index contributed by atoms with van der Waals surface area (Å²) in [5.41, 5.74) is -1.21. The van der Waals surface area contributed by atoms with Crippen LogP contribution in [0.3, 0.4) is 0 Å². The number of halogens is 1. The van der Waals surface area contributed by atoms with E-state index in [1.165, 1.54) is 0 Å². The van der Waals surface area contributed by atoms with E-state index in [1.54, 1.807) is 0 Å². The molecule has 0 spiro atoms. The number of aromatic amines is 1. The van der Waals surface area contributed by atoms with Gasteiger partial charge in [0.2, 0.25) is 0 Å².